The van der Waals surface area contributed by atoms with E-state index in [0.717, 1.165) is 0 Å². The first-order chi connectivity index (χ1) is 10.2. The van der Waals surface area contributed by atoms with Gasteiger partial charge in [0.25, 0.3) is 0 Å². The molecule has 0 aromatic heterocycles. The molecular formula is C18H30N2OSi. The van der Waals surface area contributed by atoms with E-state index in [0.29, 0.717) is 13.2 Å². The van der Waals surface area contributed by atoms with Gasteiger partial charge in [-0.15, -0.1) is 0 Å². The van der Waals surface area contributed by atoms with Crippen molar-refractivity contribution in [3.63, 3.8) is 0 Å². The minimum Gasteiger partial charge on any atom is -0.416 e. The zero-order chi connectivity index (χ0) is 16.8. The summed E-state index contributed by atoms with van der Waals surface area (Å²) in [5, 5.41) is 12.9. The topological polar surface area (TPSA) is 45.0 Å². The van der Waals surface area contributed by atoms with E-state index in [-0.39, 0.29) is 17.0 Å². The first kappa shape index (κ1) is 18.9. The van der Waals surface area contributed by atoms with Crippen LogP contribution in [0.1, 0.15) is 33.3 Å². The van der Waals surface area contributed by atoms with Crippen molar-refractivity contribution in [1.29, 1.82) is 5.26 Å². The predicted molar refractivity (Wildman–Crippen MR) is 95.0 cm³/mol. The standard InChI is InChI=1S/C18H30N2OSi/c1-15(14-21-22(5,6)18(2,3)4)17(12-19)20-13-16-10-8-7-9-11-16/h7-11,15,17,20H,13-14H2,1-6H3/t15-,17?/m0/s1. The van der Waals surface area contributed by atoms with E-state index in [4.69, 9.17) is 4.43 Å². The van der Waals surface area contributed by atoms with Crippen molar-refractivity contribution in [3.8, 4) is 6.07 Å². The Morgan fingerprint density at radius 2 is 1.82 bits per heavy atom. The first-order valence-electron chi connectivity index (χ1n) is 7.98. The third-order valence-electron chi connectivity index (χ3n) is 4.59. The molecule has 2 atom stereocenters. The van der Waals surface area contributed by atoms with Crippen LogP contribution in [0.25, 0.3) is 0 Å². The highest BCUT2D eigenvalue weighted by molar-refractivity contribution is 6.74. The van der Waals surface area contributed by atoms with Gasteiger partial charge in [0.05, 0.1) is 6.07 Å². The largest absolute Gasteiger partial charge is 0.416 e. The van der Waals surface area contributed by atoms with Crippen LogP contribution in [0.2, 0.25) is 18.1 Å². The fourth-order valence-electron chi connectivity index (χ4n) is 1.85. The van der Waals surface area contributed by atoms with E-state index in [1.165, 1.54) is 5.56 Å². The first-order valence-corrected chi connectivity index (χ1v) is 10.9. The molecule has 122 valence electrons. The highest BCUT2D eigenvalue weighted by atomic mass is 28.4. The Balaban J connectivity index is 2.52. The van der Waals surface area contributed by atoms with E-state index < -0.39 is 8.32 Å². The van der Waals surface area contributed by atoms with Gasteiger partial charge < -0.3 is 4.43 Å². The molecule has 0 radical (unpaired) electrons. The zero-order valence-corrected chi connectivity index (χ0v) is 15.8. The van der Waals surface area contributed by atoms with Crippen LogP contribution in [0.15, 0.2) is 30.3 Å². The maximum atomic E-state index is 9.41. The van der Waals surface area contributed by atoms with Gasteiger partial charge in [-0.1, -0.05) is 58.0 Å². The highest BCUT2D eigenvalue weighted by Gasteiger charge is 2.37. The lowest BCUT2D eigenvalue weighted by molar-refractivity contribution is 0.219. The molecule has 0 saturated heterocycles. The van der Waals surface area contributed by atoms with E-state index in [1.54, 1.807) is 0 Å². The minimum absolute atomic E-state index is 0.169. The fraction of sp³-hybridized carbons (Fsp3) is 0.611. The van der Waals surface area contributed by atoms with Gasteiger partial charge in [-0.3, -0.25) is 5.32 Å². The third-order valence-corrected chi connectivity index (χ3v) is 9.09. The molecule has 1 rings (SSSR count). The number of hydrogen-bond donors (Lipinski definition) is 1. The molecular weight excluding hydrogens is 288 g/mol. The Morgan fingerprint density at radius 1 is 1.23 bits per heavy atom. The third kappa shape index (κ3) is 5.56. The van der Waals surface area contributed by atoms with Crippen molar-refractivity contribution in [1.82, 2.24) is 5.32 Å². The quantitative estimate of drug-likeness (QED) is 0.761. The normalized spacial score (nSPS) is 15.1. The number of nitriles is 1. The summed E-state index contributed by atoms with van der Waals surface area (Å²) >= 11 is 0. The Morgan fingerprint density at radius 3 is 2.32 bits per heavy atom. The monoisotopic (exact) mass is 318 g/mol. The van der Waals surface area contributed by atoms with Crippen molar-refractivity contribution in [2.75, 3.05) is 6.61 Å². The summed E-state index contributed by atoms with van der Waals surface area (Å²) in [4.78, 5) is 0. The molecule has 1 aromatic rings. The van der Waals surface area contributed by atoms with E-state index in [1.807, 2.05) is 18.2 Å². The molecule has 0 fully saturated rings. The SMILES string of the molecule is C[C@@H](CO[Si](C)(C)C(C)(C)C)C(C#N)NCc1ccccc1. The Hall–Kier alpha value is -1.15. The summed E-state index contributed by atoms with van der Waals surface area (Å²) in [6.45, 7) is 14.6. The second kappa shape index (κ2) is 7.91. The average Bonchev–Trinajstić information content (AvgIpc) is 2.45. The van der Waals surface area contributed by atoms with Crippen molar-refractivity contribution in [3.05, 3.63) is 35.9 Å². The molecule has 0 saturated carbocycles. The molecule has 0 spiro atoms. The van der Waals surface area contributed by atoms with Crippen LogP contribution in [0.3, 0.4) is 0 Å². The number of rotatable bonds is 7. The Labute approximate surface area is 136 Å². The van der Waals surface area contributed by atoms with Crippen LogP contribution in [0, 0.1) is 17.2 Å². The molecule has 22 heavy (non-hydrogen) atoms. The van der Waals surface area contributed by atoms with Gasteiger partial charge in [0, 0.05) is 19.1 Å². The molecule has 0 aliphatic carbocycles. The minimum atomic E-state index is -1.75. The number of nitrogens with one attached hydrogen (secondary N) is 1. The predicted octanol–water partition coefficient (Wildman–Crippen LogP) is 4.33. The van der Waals surface area contributed by atoms with Gasteiger partial charge in [-0.25, -0.2) is 0 Å². The van der Waals surface area contributed by atoms with Crippen molar-refractivity contribution in [2.24, 2.45) is 5.92 Å². The maximum absolute atomic E-state index is 9.41. The molecule has 0 aliphatic heterocycles. The Kier molecular flexibility index (Phi) is 6.80. The average molecular weight is 319 g/mol. The lowest BCUT2D eigenvalue weighted by Gasteiger charge is -2.37. The molecule has 0 aliphatic rings. The van der Waals surface area contributed by atoms with Crippen LogP contribution < -0.4 is 5.32 Å². The van der Waals surface area contributed by atoms with Gasteiger partial charge in [0.15, 0.2) is 8.32 Å². The lowest BCUT2D eigenvalue weighted by Crippen LogP contribution is -2.44. The number of benzene rings is 1. The van der Waals surface area contributed by atoms with Crippen LogP contribution >= 0.6 is 0 Å². The van der Waals surface area contributed by atoms with Crippen LogP contribution in [-0.4, -0.2) is 21.0 Å². The van der Waals surface area contributed by atoms with Crippen molar-refractivity contribution >= 4 is 8.32 Å². The van der Waals surface area contributed by atoms with Gasteiger partial charge in [-0.05, 0) is 23.7 Å². The molecule has 3 nitrogen and oxygen atoms in total. The Bertz CT molecular complexity index is 488. The lowest BCUT2D eigenvalue weighted by atomic mass is 10.0. The molecule has 1 unspecified atom stereocenters. The van der Waals surface area contributed by atoms with E-state index in [2.05, 4.69) is 64.3 Å². The van der Waals surface area contributed by atoms with Gasteiger partial charge >= 0.3 is 0 Å². The summed E-state index contributed by atoms with van der Waals surface area (Å²) in [7, 11) is -1.75. The summed E-state index contributed by atoms with van der Waals surface area (Å²) < 4.78 is 6.24. The second-order valence-corrected chi connectivity index (χ2v) is 12.3. The molecule has 0 amide bonds. The molecule has 0 bridgehead atoms. The molecule has 4 heteroatoms. The van der Waals surface area contributed by atoms with Gasteiger partial charge in [0.2, 0.25) is 0 Å². The van der Waals surface area contributed by atoms with Crippen LogP contribution in [0.4, 0.5) is 0 Å². The van der Waals surface area contributed by atoms with Gasteiger partial charge in [0.1, 0.15) is 6.04 Å². The molecule has 1 aromatic carbocycles. The number of nitrogens with zero attached hydrogens (tertiary/aromatic N) is 1. The zero-order valence-electron chi connectivity index (χ0n) is 14.8. The highest BCUT2D eigenvalue weighted by Crippen LogP contribution is 2.36. The van der Waals surface area contributed by atoms with Crippen molar-refractivity contribution in [2.45, 2.75) is 58.4 Å². The smallest absolute Gasteiger partial charge is 0.191 e. The van der Waals surface area contributed by atoms with Crippen LogP contribution in [0.5, 0.6) is 0 Å². The summed E-state index contributed by atoms with van der Waals surface area (Å²) in [5.74, 6) is 0.169. The summed E-state index contributed by atoms with van der Waals surface area (Å²) in [6, 6.07) is 12.4. The van der Waals surface area contributed by atoms with Crippen molar-refractivity contribution < 1.29 is 4.43 Å². The fourth-order valence-corrected chi connectivity index (χ4v) is 2.96. The number of hydrogen-bond acceptors (Lipinski definition) is 3. The molecule has 0 heterocycles. The van der Waals surface area contributed by atoms with E-state index in [9.17, 15) is 5.26 Å². The van der Waals surface area contributed by atoms with Crippen LogP contribution in [-0.2, 0) is 11.0 Å². The summed E-state index contributed by atoms with van der Waals surface area (Å²) in [5.41, 5.74) is 1.19. The second-order valence-electron chi connectivity index (χ2n) is 7.52. The maximum Gasteiger partial charge on any atom is 0.191 e. The van der Waals surface area contributed by atoms with Gasteiger partial charge in [-0.2, -0.15) is 5.26 Å². The molecule has 1 N–H and O–H groups in total. The van der Waals surface area contributed by atoms with E-state index >= 15 is 0 Å². The summed E-state index contributed by atoms with van der Waals surface area (Å²) in [6.07, 6.45) is 0.